The van der Waals surface area contributed by atoms with E-state index in [1.165, 1.54) is 19.3 Å². The van der Waals surface area contributed by atoms with Gasteiger partial charge in [0, 0.05) is 23.2 Å². The molecule has 1 saturated carbocycles. The van der Waals surface area contributed by atoms with Crippen LogP contribution >= 0.6 is 0 Å². The van der Waals surface area contributed by atoms with Gasteiger partial charge in [0.05, 0.1) is 7.11 Å². The molecular formula is C15H23N3O2. The summed E-state index contributed by atoms with van der Waals surface area (Å²) in [6, 6.07) is 5.54. The molecule has 5 heteroatoms. The first-order chi connectivity index (χ1) is 9.64. The molecule has 20 heavy (non-hydrogen) atoms. The Morgan fingerprint density at radius 1 is 1.50 bits per heavy atom. The molecule has 0 radical (unpaired) electrons. The Hall–Kier alpha value is -1.75. The van der Waals surface area contributed by atoms with Crippen molar-refractivity contribution in [3.8, 4) is 5.75 Å². The highest BCUT2D eigenvalue weighted by Crippen LogP contribution is 2.35. The maximum atomic E-state index is 8.77. The smallest absolute Gasteiger partial charge is 0.170 e. The van der Waals surface area contributed by atoms with Gasteiger partial charge in [-0.3, -0.25) is 0 Å². The Morgan fingerprint density at radius 2 is 2.25 bits per heavy atom. The fourth-order valence-electron chi connectivity index (χ4n) is 2.68. The summed E-state index contributed by atoms with van der Waals surface area (Å²) in [6.07, 6.45) is 4.88. The fourth-order valence-corrected chi connectivity index (χ4v) is 2.68. The van der Waals surface area contributed by atoms with Crippen LogP contribution in [0.25, 0.3) is 0 Å². The number of rotatable bonds is 6. The van der Waals surface area contributed by atoms with Crippen LogP contribution < -0.4 is 15.8 Å². The largest absolute Gasteiger partial charge is 0.496 e. The van der Waals surface area contributed by atoms with Gasteiger partial charge in [0.25, 0.3) is 0 Å². The maximum absolute atomic E-state index is 8.77. The van der Waals surface area contributed by atoms with E-state index in [0.717, 1.165) is 24.3 Å². The third kappa shape index (κ3) is 2.88. The first kappa shape index (κ1) is 14.7. The van der Waals surface area contributed by atoms with Crippen molar-refractivity contribution >= 4 is 5.84 Å². The summed E-state index contributed by atoms with van der Waals surface area (Å²) in [5, 5.41) is 15.4. The Labute approximate surface area is 119 Å². The van der Waals surface area contributed by atoms with Crippen molar-refractivity contribution in [3.63, 3.8) is 0 Å². The van der Waals surface area contributed by atoms with Gasteiger partial charge in [-0.2, -0.15) is 0 Å². The van der Waals surface area contributed by atoms with Gasteiger partial charge in [0.2, 0.25) is 0 Å². The van der Waals surface area contributed by atoms with Crippen LogP contribution in [0.5, 0.6) is 5.75 Å². The van der Waals surface area contributed by atoms with Crippen molar-refractivity contribution in [1.82, 2.24) is 5.32 Å². The summed E-state index contributed by atoms with van der Waals surface area (Å²) < 4.78 is 5.38. The van der Waals surface area contributed by atoms with E-state index < -0.39 is 0 Å². The maximum Gasteiger partial charge on any atom is 0.170 e. The predicted octanol–water partition coefficient (Wildman–Crippen LogP) is 2.21. The molecule has 0 bridgehead atoms. The van der Waals surface area contributed by atoms with Gasteiger partial charge < -0.3 is 21.0 Å². The quantitative estimate of drug-likeness (QED) is 0.322. The molecule has 0 unspecified atom stereocenters. The van der Waals surface area contributed by atoms with Crippen LogP contribution in [0.15, 0.2) is 23.4 Å². The van der Waals surface area contributed by atoms with Gasteiger partial charge in [0.15, 0.2) is 5.84 Å². The standard InChI is InChI=1S/C15H23N3O2/c1-3-15(7-4-8-15)17-10-12-9-11(14(16)18-19)5-6-13(12)20-2/h5-6,9,17,19H,3-4,7-8,10H2,1-2H3,(H2,16,18). The zero-order valence-corrected chi connectivity index (χ0v) is 12.1. The number of nitrogens with zero attached hydrogens (tertiary/aromatic N) is 1. The molecule has 1 aromatic carbocycles. The Balaban J connectivity index is 2.16. The van der Waals surface area contributed by atoms with Crippen molar-refractivity contribution in [1.29, 1.82) is 0 Å². The molecule has 1 aromatic rings. The molecule has 0 aromatic heterocycles. The minimum absolute atomic E-state index is 0.114. The zero-order valence-electron chi connectivity index (χ0n) is 12.1. The first-order valence-electron chi connectivity index (χ1n) is 7.04. The van der Waals surface area contributed by atoms with Gasteiger partial charge in [-0.1, -0.05) is 12.1 Å². The van der Waals surface area contributed by atoms with Crippen LogP contribution in [0.3, 0.4) is 0 Å². The fraction of sp³-hybridized carbons (Fsp3) is 0.533. The van der Waals surface area contributed by atoms with Gasteiger partial charge >= 0.3 is 0 Å². The summed E-state index contributed by atoms with van der Waals surface area (Å²) in [7, 11) is 1.65. The molecule has 2 rings (SSSR count). The molecular weight excluding hydrogens is 254 g/mol. The van der Waals surface area contributed by atoms with E-state index in [1.54, 1.807) is 13.2 Å². The van der Waals surface area contributed by atoms with Crippen molar-refractivity contribution in [2.75, 3.05) is 7.11 Å². The number of hydrogen-bond acceptors (Lipinski definition) is 4. The van der Waals surface area contributed by atoms with Crippen molar-refractivity contribution < 1.29 is 9.94 Å². The highest BCUT2D eigenvalue weighted by atomic mass is 16.5. The molecule has 0 atom stereocenters. The second-order valence-electron chi connectivity index (χ2n) is 5.35. The average molecular weight is 277 g/mol. The number of hydrogen-bond donors (Lipinski definition) is 3. The first-order valence-corrected chi connectivity index (χ1v) is 7.04. The third-order valence-corrected chi connectivity index (χ3v) is 4.33. The molecule has 110 valence electrons. The van der Waals surface area contributed by atoms with E-state index in [1.807, 2.05) is 12.1 Å². The van der Waals surface area contributed by atoms with E-state index in [2.05, 4.69) is 17.4 Å². The highest BCUT2D eigenvalue weighted by Gasteiger charge is 2.34. The average Bonchev–Trinajstić information content (AvgIpc) is 2.45. The van der Waals surface area contributed by atoms with Gasteiger partial charge in [-0.15, -0.1) is 0 Å². The van der Waals surface area contributed by atoms with E-state index in [-0.39, 0.29) is 11.4 Å². The van der Waals surface area contributed by atoms with Crippen LogP contribution in [0, 0.1) is 0 Å². The Kier molecular flexibility index (Phi) is 4.49. The number of amidine groups is 1. The number of ether oxygens (including phenoxy) is 1. The van der Waals surface area contributed by atoms with Crippen LogP contribution in [-0.2, 0) is 6.54 Å². The summed E-state index contributed by atoms with van der Waals surface area (Å²) in [4.78, 5) is 0. The van der Waals surface area contributed by atoms with E-state index in [9.17, 15) is 0 Å². The van der Waals surface area contributed by atoms with Crippen molar-refractivity contribution in [2.24, 2.45) is 10.9 Å². The molecule has 0 aliphatic heterocycles. The summed E-state index contributed by atoms with van der Waals surface area (Å²) in [5.41, 5.74) is 7.64. The van der Waals surface area contributed by atoms with E-state index in [0.29, 0.717) is 5.56 Å². The molecule has 1 aliphatic rings. The molecule has 0 heterocycles. The Morgan fingerprint density at radius 3 is 2.75 bits per heavy atom. The number of oxime groups is 1. The SMILES string of the molecule is CCC1(NCc2cc(/C(N)=N/O)ccc2OC)CCC1. The van der Waals surface area contributed by atoms with Gasteiger partial charge in [-0.25, -0.2) is 0 Å². The molecule has 5 nitrogen and oxygen atoms in total. The lowest BCUT2D eigenvalue weighted by Gasteiger charge is -2.42. The molecule has 1 fully saturated rings. The number of nitrogens with one attached hydrogen (secondary N) is 1. The zero-order chi connectivity index (χ0) is 14.6. The topological polar surface area (TPSA) is 79.9 Å². The lowest BCUT2D eigenvalue weighted by molar-refractivity contribution is 0.175. The minimum Gasteiger partial charge on any atom is -0.496 e. The van der Waals surface area contributed by atoms with Crippen LogP contribution in [0.4, 0.5) is 0 Å². The van der Waals surface area contributed by atoms with Crippen LogP contribution in [-0.4, -0.2) is 23.7 Å². The third-order valence-electron chi connectivity index (χ3n) is 4.33. The van der Waals surface area contributed by atoms with E-state index >= 15 is 0 Å². The summed E-state index contributed by atoms with van der Waals surface area (Å²) in [5.74, 6) is 0.931. The molecule has 0 spiro atoms. The van der Waals surface area contributed by atoms with Crippen molar-refractivity contribution in [2.45, 2.75) is 44.7 Å². The number of benzene rings is 1. The Bertz CT molecular complexity index is 490. The van der Waals surface area contributed by atoms with Crippen LogP contribution in [0.2, 0.25) is 0 Å². The predicted molar refractivity (Wildman–Crippen MR) is 79.2 cm³/mol. The highest BCUT2D eigenvalue weighted by molar-refractivity contribution is 5.97. The summed E-state index contributed by atoms with van der Waals surface area (Å²) in [6.45, 7) is 2.94. The van der Waals surface area contributed by atoms with Gasteiger partial charge in [-0.05, 0) is 43.9 Å². The van der Waals surface area contributed by atoms with Crippen molar-refractivity contribution in [3.05, 3.63) is 29.3 Å². The normalized spacial score (nSPS) is 17.6. The lowest BCUT2D eigenvalue weighted by Crippen LogP contribution is -2.49. The number of nitrogens with two attached hydrogens (primary N) is 1. The second-order valence-corrected chi connectivity index (χ2v) is 5.35. The minimum atomic E-state index is 0.114. The van der Waals surface area contributed by atoms with Crippen LogP contribution in [0.1, 0.15) is 43.7 Å². The number of methoxy groups -OCH3 is 1. The molecule has 1 aliphatic carbocycles. The molecule has 0 saturated heterocycles. The molecule has 4 N–H and O–H groups in total. The monoisotopic (exact) mass is 277 g/mol. The second kappa shape index (κ2) is 6.13. The molecule has 0 amide bonds. The van der Waals surface area contributed by atoms with Gasteiger partial charge in [0.1, 0.15) is 5.75 Å². The lowest BCUT2D eigenvalue weighted by atomic mass is 9.75. The summed E-state index contributed by atoms with van der Waals surface area (Å²) >= 11 is 0. The van der Waals surface area contributed by atoms with E-state index in [4.69, 9.17) is 15.7 Å².